The van der Waals surface area contributed by atoms with E-state index >= 15 is 0 Å². The minimum Gasteiger partial charge on any atom is -0.466 e. The Morgan fingerprint density at radius 2 is 1.83 bits per heavy atom. The maximum Gasteiger partial charge on any atom is 0.309 e. The minimum absolute atomic E-state index is 0.0861. The number of rotatable bonds is 11. The summed E-state index contributed by atoms with van der Waals surface area (Å²) < 4.78 is 10.6. The summed E-state index contributed by atoms with van der Waals surface area (Å²) in [6.07, 6.45) is 5.75. The summed E-state index contributed by atoms with van der Waals surface area (Å²) in [5.41, 5.74) is -0.546. The molecule has 0 spiro atoms. The number of ether oxygens (including phenoxy) is 2. The van der Waals surface area contributed by atoms with E-state index in [2.05, 4.69) is 20.4 Å². The molecular weight excluding hydrogens is 304 g/mol. The number of allylic oxidation sites excluding steroid dienone is 1. The van der Waals surface area contributed by atoms with Gasteiger partial charge < -0.3 is 9.47 Å². The van der Waals surface area contributed by atoms with Crippen LogP contribution in [0.2, 0.25) is 0 Å². The summed E-state index contributed by atoms with van der Waals surface area (Å²) in [4.78, 5) is 24.6. The van der Waals surface area contributed by atoms with E-state index in [-0.39, 0.29) is 24.3 Å². The molecule has 0 amide bonds. The molecule has 0 aliphatic carbocycles. The van der Waals surface area contributed by atoms with Gasteiger partial charge in [0.25, 0.3) is 0 Å². The molecule has 0 aromatic heterocycles. The quantitative estimate of drug-likeness (QED) is 0.396. The highest BCUT2D eigenvalue weighted by atomic mass is 16.6. The number of carbonyl (C=O) groups is 2. The molecular formula is C20H36O4. The van der Waals surface area contributed by atoms with Crippen LogP contribution < -0.4 is 0 Å². The molecule has 0 saturated heterocycles. The Balaban J connectivity index is 5.02. The Bertz CT molecular complexity index is 395. The van der Waals surface area contributed by atoms with E-state index in [1.54, 1.807) is 6.92 Å². The molecule has 0 heterocycles. The predicted octanol–water partition coefficient (Wildman–Crippen LogP) is 4.92. The largest absolute Gasteiger partial charge is 0.466 e. The van der Waals surface area contributed by atoms with Gasteiger partial charge in [0.2, 0.25) is 0 Å². The van der Waals surface area contributed by atoms with Gasteiger partial charge in [-0.3, -0.25) is 9.59 Å². The monoisotopic (exact) mass is 340 g/mol. The minimum atomic E-state index is -0.546. The van der Waals surface area contributed by atoms with Crippen molar-refractivity contribution in [3.63, 3.8) is 0 Å². The zero-order valence-electron chi connectivity index (χ0n) is 16.4. The first-order valence-electron chi connectivity index (χ1n) is 9.13. The van der Waals surface area contributed by atoms with E-state index in [1.165, 1.54) is 0 Å². The van der Waals surface area contributed by atoms with E-state index in [0.717, 1.165) is 25.7 Å². The fourth-order valence-electron chi connectivity index (χ4n) is 2.91. The second-order valence-corrected chi connectivity index (χ2v) is 7.52. The molecule has 0 fully saturated rings. The lowest BCUT2D eigenvalue weighted by atomic mass is 9.80. The summed E-state index contributed by atoms with van der Waals surface area (Å²) >= 11 is 0. The van der Waals surface area contributed by atoms with Gasteiger partial charge in [0, 0.05) is 0 Å². The van der Waals surface area contributed by atoms with Crippen LogP contribution in [0.5, 0.6) is 0 Å². The molecule has 0 aromatic rings. The Morgan fingerprint density at radius 1 is 1.21 bits per heavy atom. The first-order valence-corrected chi connectivity index (χ1v) is 9.13. The van der Waals surface area contributed by atoms with Crippen molar-refractivity contribution in [1.29, 1.82) is 0 Å². The molecule has 0 aliphatic rings. The van der Waals surface area contributed by atoms with Gasteiger partial charge in [-0.15, -0.1) is 6.58 Å². The molecule has 0 bridgehead atoms. The molecule has 4 nitrogen and oxygen atoms in total. The Labute approximate surface area is 148 Å². The fraction of sp³-hybridized carbons (Fsp3) is 0.800. The van der Waals surface area contributed by atoms with E-state index < -0.39 is 11.5 Å². The van der Waals surface area contributed by atoms with Crippen LogP contribution in [-0.2, 0) is 19.1 Å². The van der Waals surface area contributed by atoms with Gasteiger partial charge in [0.15, 0.2) is 0 Å². The van der Waals surface area contributed by atoms with Crippen LogP contribution in [0.25, 0.3) is 0 Å². The smallest absolute Gasteiger partial charge is 0.309 e. The topological polar surface area (TPSA) is 52.6 Å². The van der Waals surface area contributed by atoms with Gasteiger partial charge in [-0.05, 0) is 58.8 Å². The van der Waals surface area contributed by atoms with Crippen molar-refractivity contribution in [3.8, 4) is 0 Å². The third-order valence-electron chi connectivity index (χ3n) is 4.06. The van der Waals surface area contributed by atoms with Crippen LogP contribution in [0.1, 0.15) is 73.6 Å². The molecule has 0 aliphatic heterocycles. The van der Waals surface area contributed by atoms with Gasteiger partial charge in [-0.25, -0.2) is 0 Å². The zero-order chi connectivity index (χ0) is 18.8. The van der Waals surface area contributed by atoms with Crippen LogP contribution in [-0.4, -0.2) is 24.1 Å². The zero-order valence-corrected chi connectivity index (χ0v) is 16.4. The maximum absolute atomic E-state index is 12.4. The number of hydrogen-bond acceptors (Lipinski definition) is 4. The van der Waals surface area contributed by atoms with Crippen molar-refractivity contribution in [2.75, 3.05) is 6.61 Å². The van der Waals surface area contributed by atoms with Gasteiger partial charge in [0.1, 0.15) is 5.60 Å². The molecule has 2 unspecified atom stereocenters. The number of esters is 2. The van der Waals surface area contributed by atoms with Gasteiger partial charge in [-0.1, -0.05) is 26.3 Å². The summed E-state index contributed by atoms with van der Waals surface area (Å²) in [6, 6.07) is 0. The normalized spacial score (nSPS) is 15.2. The first-order chi connectivity index (χ1) is 11.1. The summed E-state index contributed by atoms with van der Waals surface area (Å²) in [5.74, 6) is -0.459. The van der Waals surface area contributed by atoms with Gasteiger partial charge >= 0.3 is 11.9 Å². The highest BCUT2D eigenvalue weighted by Crippen LogP contribution is 2.30. The molecule has 0 N–H and O–H groups in total. The van der Waals surface area contributed by atoms with Crippen molar-refractivity contribution in [2.45, 2.75) is 79.2 Å². The lowest BCUT2D eigenvalue weighted by Crippen LogP contribution is -2.32. The van der Waals surface area contributed by atoms with Gasteiger partial charge in [-0.2, -0.15) is 0 Å². The third kappa shape index (κ3) is 9.74. The number of carbonyl (C=O) groups excluding carboxylic acids is 2. The molecule has 24 heavy (non-hydrogen) atoms. The molecule has 140 valence electrons. The molecule has 4 heteroatoms. The Hall–Kier alpha value is -1.32. The molecule has 0 aromatic carbocycles. The Morgan fingerprint density at radius 3 is 2.29 bits per heavy atom. The average molecular weight is 341 g/mol. The third-order valence-corrected chi connectivity index (χ3v) is 4.06. The Kier molecular flexibility index (Phi) is 10.7. The van der Waals surface area contributed by atoms with E-state index in [4.69, 9.17) is 9.47 Å². The average Bonchev–Trinajstić information content (AvgIpc) is 2.46. The standard InChI is InChI=1S/C20H36O4/c1-8-11-12-15(4)13-16(9-2)17(19(22)23-10-3)14-18(21)24-20(5,6)7/h8,15-17H,1,9-14H2,2-7H3/t15?,16-,17?/m1/s1. The first kappa shape index (κ1) is 22.7. The fourth-order valence-corrected chi connectivity index (χ4v) is 2.91. The highest BCUT2D eigenvalue weighted by Gasteiger charge is 2.33. The summed E-state index contributed by atoms with van der Waals surface area (Å²) in [6.45, 7) is 15.6. The van der Waals surface area contributed by atoms with Crippen LogP contribution in [0.3, 0.4) is 0 Å². The SMILES string of the molecule is C=CCCC(C)C[C@@H](CC)C(CC(=O)OC(C)(C)C)C(=O)OCC. The summed E-state index contributed by atoms with van der Waals surface area (Å²) in [7, 11) is 0. The van der Waals surface area contributed by atoms with Crippen molar-refractivity contribution >= 4 is 11.9 Å². The van der Waals surface area contributed by atoms with Crippen LogP contribution in [0.4, 0.5) is 0 Å². The van der Waals surface area contributed by atoms with Crippen molar-refractivity contribution in [2.24, 2.45) is 17.8 Å². The predicted molar refractivity (Wildman–Crippen MR) is 97.6 cm³/mol. The van der Waals surface area contributed by atoms with Gasteiger partial charge in [0.05, 0.1) is 18.9 Å². The van der Waals surface area contributed by atoms with Crippen LogP contribution >= 0.6 is 0 Å². The maximum atomic E-state index is 12.4. The van der Waals surface area contributed by atoms with E-state index in [9.17, 15) is 9.59 Å². The van der Waals surface area contributed by atoms with E-state index in [1.807, 2.05) is 26.8 Å². The summed E-state index contributed by atoms with van der Waals surface area (Å²) in [5, 5.41) is 0. The van der Waals surface area contributed by atoms with Crippen LogP contribution in [0.15, 0.2) is 12.7 Å². The highest BCUT2D eigenvalue weighted by molar-refractivity contribution is 5.80. The van der Waals surface area contributed by atoms with Crippen molar-refractivity contribution in [1.82, 2.24) is 0 Å². The van der Waals surface area contributed by atoms with Crippen molar-refractivity contribution in [3.05, 3.63) is 12.7 Å². The molecule has 3 atom stereocenters. The number of hydrogen-bond donors (Lipinski definition) is 0. The molecule has 0 radical (unpaired) electrons. The van der Waals surface area contributed by atoms with E-state index in [0.29, 0.717) is 12.5 Å². The lowest BCUT2D eigenvalue weighted by Gasteiger charge is -2.28. The van der Waals surface area contributed by atoms with Crippen molar-refractivity contribution < 1.29 is 19.1 Å². The lowest BCUT2D eigenvalue weighted by molar-refractivity contribution is -0.163. The molecule has 0 saturated carbocycles. The second-order valence-electron chi connectivity index (χ2n) is 7.52. The van der Waals surface area contributed by atoms with Crippen LogP contribution in [0, 0.1) is 17.8 Å². The second kappa shape index (κ2) is 11.3. The molecule has 0 rings (SSSR count).